The van der Waals surface area contributed by atoms with Crippen LogP contribution in [0, 0.1) is 0 Å². The molecule has 5 N–H and O–H groups in total. The second-order valence-electron chi connectivity index (χ2n) is 4.93. The number of carboxylic acids is 2. The third kappa shape index (κ3) is 10.9. The Morgan fingerprint density at radius 2 is 1.27 bits per heavy atom. The van der Waals surface area contributed by atoms with Crippen molar-refractivity contribution in [2.75, 3.05) is 13.2 Å². The number of hydrogen-bond acceptors (Lipinski definition) is 7. The van der Waals surface area contributed by atoms with Crippen molar-refractivity contribution in [3.05, 3.63) is 77.4 Å². The Morgan fingerprint density at radius 1 is 0.900 bits per heavy atom. The number of benzene rings is 2. The molecule has 2 rings (SSSR count). The van der Waals surface area contributed by atoms with E-state index in [1.807, 2.05) is 0 Å². The first-order valence-electron chi connectivity index (χ1n) is 7.84. The zero-order chi connectivity index (χ0) is 22.2. The Labute approximate surface area is 171 Å². The summed E-state index contributed by atoms with van der Waals surface area (Å²) in [4.78, 5) is 50.7. The second kappa shape index (κ2) is 15.9. The number of ether oxygens (including phenoxy) is 1. The zero-order valence-corrected chi connectivity index (χ0v) is 15.6. The quantitative estimate of drug-likeness (QED) is 0.347. The average Bonchev–Trinajstić information content (AvgIpc) is 2.73. The maximum Gasteiger partial charge on any atom is 0.338 e. The summed E-state index contributed by atoms with van der Waals surface area (Å²) in [6, 6.07) is 11.1. The Hall–Kier alpha value is -4.11. The van der Waals surface area contributed by atoms with Gasteiger partial charge in [0.05, 0.1) is 23.3 Å². The van der Waals surface area contributed by atoms with Gasteiger partial charge in [-0.1, -0.05) is 12.1 Å². The summed E-state index contributed by atoms with van der Waals surface area (Å²) in [6.07, 6.45) is 0.697. The molecule has 0 amide bonds. The van der Waals surface area contributed by atoms with Gasteiger partial charge in [0, 0.05) is 5.56 Å². The molecule has 0 saturated carbocycles. The van der Waals surface area contributed by atoms with Crippen molar-refractivity contribution in [2.24, 2.45) is 0 Å². The van der Waals surface area contributed by atoms with E-state index in [9.17, 15) is 19.2 Å². The summed E-state index contributed by atoms with van der Waals surface area (Å²) in [5.41, 5.74) is 1.03. The van der Waals surface area contributed by atoms with Gasteiger partial charge in [0.1, 0.15) is 18.8 Å². The largest absolute Gasteiger partial charge is 0.478 e. The van der Waals surface area contributed by atoms with Crippen molar-refractivity contribution in [1.29, 1.82) is 0 Å². The molecular formula is C20H20O10. The summed E-state index contributed by atoms with van der Waals surface area (Å²) in [6.45, 7) is 2.46. The van der Waals surface area contributed by atoms with Gasteiger partial charge in [0.25, 0.3) is 0 Å². The summed E-state index contributed by atoms with van der Waals surface area (Å²) in [7, 11) is 0. The minimum absolute atomic E-state index is 0. The van der Waals surface area contributed by atoms with Gasteiger partial charge in [-0.25, -0.2) is 19.2 Å². The fourth-order valence-electron chi connectivity index (χ4n) is 1.67. The number of rotatable bonds is 6. The lowest BCUT2D eigenvalue weighted by molar-refractivity contribution is 0.0433. The highest BCUT2D eigenvalue weighted by Gasteiger charge is 2.06. The molecule has 2 aromatic rings. The molecule has 0 saturated heterocycles. The summed E-state index contributed by atoms with van der Waals surface area (Å²) >= 11 is 0. The predicted molar refractivity (Wildman–Crippen MR) is 104 cm³/mol. The lowest BCUT2D eigenvalue weighted by atomic mass is 10.1. The van der Waals surface area contributed by atoms with Gasteiger partial charge in [0.15, 0.2) is 0 Å². The van der Waals surface area contributed by atoms with E-state index in [1.165, 1.54) is 54.5 Å². The topological polar surface area (TPSA) is 187 Å². The third-order valence-electron chi connectivity index (χ3n) is 2.99. The van der Waals surface area contributed by atoms with E-state index < -0.39 is 17.9 Å². The minimum Gasteiger partial charge on any atom is -0.478 e. The predicted octanol–water partition coefficient (Wildman–Crippen LogP) is 0.911. The smallest absolute Gasteiger partial charge is 0.338 e. The number of aromatic carboxylic acids is 2. The molecule has 2 aromatic carbocycles. The SMILES string of the molecule is C=C=O.O.O=C(O)c1ccc(C(=O)O)cc1.O=Cc1ccc(C(=O)OCCO)cc1. The van der Waals surface area contributed by atoms with E-state index in [2.05, 4.69) is 11.3 Å². The fraction of sp³-hybridized carbons (Fsp3) is 0.100. The van der Waals surface area contributed by atoms with Crippen LogP contribution in [0.25, 0.3) is 0 Å². The maximum absolute atomic E-state index is 11.2. The van der Waals surface area contributed by atoms with Crippen LogP contribution in [0.3, 0.4) is 0 Å². The molecule has 0 aliphatic carbocycles. The summed E-state index contributed by atoms with van der Waals surface area (Å²) < 4.78 is 4.67. The number of carbonyl (C=O) groups is 4. The van der Waals surface area contributed by atoms with Gasteiger partial charge in [-0.2, -0.15) is 0 Å². The van der Waals surface area contributed by atoms with Crippen molar-refractivity contribution in [1.82, 2.24) is 0 Å². The lowest BCUT2D eigenvalue weighted by Gasteiger charge is -2.01. The molecule has 0 atom stereocenters. The van der Waals surface area contributed by atoms with Gasteiger partial charge in [-0.15, -0.1) is 0 Å². The molecule has 0 aliphatic rings. The maximum atomic E-state index is 11.2. The molecular weight excluding hydrogens is 400 g/mol. The third-order valence-corrected chi connectivity index (χ3v) is 2.99. The van der Waals surface area contributed by atoms with Gasteiger partial charge in [0.2, 0.25) is 0 Å². The van der Waals surface area contributed by atoms with E-state index in [0.29, 0.717) is 17.4 Å². The van der Waals surface area contributed by atoms with E-state index in [1.54, 1.807) is 0 Å². The summed E-state index contributed by atoms with van der Waals surface area (Å²) in [5.74, 6) is -1.38. The molecule has 0 radical (unpaired) electrons. The monoisotopic (exact) mass is 420 g/mol. The number of carbonyl (C=O) groups excluding carboxylic acids is 3. The highest BCUT2D eigenvalue weighted by molar-refractivity contribution is 5.91. The fourth-order valence-corrected chi connectivity index (χ4v) is 1.67. The number of aliphatic hydroxyl groups is 1. The van der Waals surface area contributed by atoms with E-state index in [4.69, 9.17) is 20.1 Å². The van der Waals surface area contributed by atoms with Crippen LogP contribution in [0.15, 0.2) is 55.1 Å². The van der Waals surface area contributed by atoms with Crippen molar-refractivity contribution in [3.63, 3.8) is 0 Å². The Balaban J connectivity index is 0. The molecule has 0 aliphatic heterocycles. The number of aliphatic hydroxyl groups excluding tert-OH is 1. The molecule has 160 valence electrons. The highest BCUT2D eigenvalue weighted by Crippen LogP contribution is 2.04. The number of hydrogen-bond donors (Lipinski definition) is 3. The van der Waals surface area contributed by atoms with Crippen LogP contribution in [-0.4, -0.2) is 64.1 Å². The molecule has 0 aromatic heterocycles. The van der Waals surface area contributed by atoms with Crippen molar-refractivity contribution in [3.8, 4) is 0 Å². The molecule has 0 heterocycles. The molecule has 30 heavy (non-hydrogen) atoms. The van der Waals surface area contributed by atoms with Crippen molar-refractivity contribution in [2.45, 2.75) is 0 Å². The van der Waals surface area contributed by atoms with Crippen LogP contribution in [0.1, 0.15) is 41.4 Å². The first-order chi connectivity index (χ1) is 13.8. The molecule has 0 fully saturated rings. The highest BCUT2D eigenvalue weighted by atomic mass is 16.5. The second-order valence-corrected chi connectivity index (χ2v) is 4.93. The van der Waals surface area contributed by atoms with Crippen LogP contribution in [0.5, 0.6) is 0 Å². The van der Waals surface area contributed by atoms with Crippen LogP contribution < -0.4 is 0 Å². The van der Waals surface area contributed by atoms with Crippen LogP contribution in [0.2, 0.25) is 0 Å². The van der Waals surface area contributed by atoms with Gasteiger partial charge < -0.3 is 25.5 Å². The Morgan fingerprint density at radius 3 is 1.57 bits per heavy atom. The van der Waals surface area contributed by atoms with E-state index >= 15 is 0 Å². The van der Waals surface area contributed by atoms with Crippen molar-refractivity contribution >= 4 is 30.1 Å². The van der Waals surface area contributed by atoms with E-state index in [-0.39, 0.29) is 29.8 Å². The molecule has 10 heteroatoms. The van der Waals surface area contributed by atoms with Crippen LogP contribution >= 0.6 is 0 Å². The first kappa shape index (κ1) is 28.1. The zero-order valence-electron chi connectivity index (χ0n) is 15.6. The summed E-state index contributed by atoms with van der Waals surface area (Å²) in [5, 5.41) is 25.4. The van der Waals surface area contributed by atoms with Crippen LogP contribution in [0.4, 0.5) is 0 Å². The Kier molecular flexibility index (Phi) is 14.9. The number of carboxylic acid groups (broad SMARTS) is 2. The normalized spacial score (nSPS) is 8.43. The molecule has 10 nitrogen and oxygen atoms in total. The van der Waals surface area contributed by atoms with Crippen molar-refractivity contribution < 1.29 is 49.5 Å². The number of aldehydes is 1. The molecule has 0 unspecified atom stereocenters. The molecule has 0 bridgehead atoms. The average molecular weight is 420 g/mol. The first-order valence-corrected chi connectivity index (χ1v) is 7.84. The van der Waals surface area contributed by atoms with Gasteiger partial charge >= 0.3 is 17.9 Å². The number of esters is 1. The van der Waals surface area contributed by atoms with Crippen LogP contribution in [-0.2, 0) is 9.53 Å². The van der Waals surface area contributed by atoms with Gasteiger partial charge in [-0.05, 0) is 43.0 Å². The van der Waals surface area contributed by atoms with E-state index in [0.717, 1.165) is 0 Å². The Bertz CT molecular complexity index is 815. The van der Waals surface area contributed by atoms with Gasteiger partial charge in [-0.3, -0.25) is 4.79 Å². The minimum atomic E-state index is -1.06. The lowest BCUT2D eigenvalue weighted by Crippen LogP contribution is -2.08. The molecule has 0 spiro atoms. The standard InChI is InChI=1S/C10H10O4.C8H6O4.C2H2O.H2O/c11-5-6-14-10(13)9-3-1-8(7-12)2-4-9;9-7(10)5-1-2-6(4-3-5)8(11)12;1-2-3;/h1-4,7,11H,5-6H2;1-4H,(H,9,10)(H,11,12);1H2;1H2.